The average molecular weight is 223 g/mol. The van der Waals surface area contributed by atoms with Gasteiger partial charge in [-0.2, -0.15) is 0 Å². The van der Waals surface area contributed by atoms with Crippen molar-refractivity contribution in [3.8, 4) is 0 Å². The molecule has 1 rings (SSSR count). The minimum Gasteiger partial charge on any atom is -0.368 e. The highest BCUT2D eigenvalue weighted by molar-refractivity contribution is 5.97. The maximum Gasteiger partial charge on any atom is 0.261 e. The van der Waals surface area contributed by atoms with E-state index in [2.05, 4.69) is 10.3 Å². The summed E-state index contributed by atoms with van der Waals surface area (Å²) >= 11 is 0. The van der Waals surface area contributed by atoms with Gasteiger partial charge in [0.25, 0.3) is 11.5 Å². The Bertz CT molecular complexity index is 491. The third kappa shape index (κ3) is 2.69. The van der Waals surface area contributed by atoms with Gasteiger partial charge in [-0.1, -0.05) is 0 Å². The number of hydrogen-bond donors (Lipinski definition) is 3. The first-order valence-electron chi connectivity index (χ1n) is 4.69. The molecule has 0 saturated heterocycles. The van der Waals surface area contributed by atoms with Gasteiger partial charge < -0.3 is 16.0 Å². The zero-order valence-corrected chi connectivity index (χ0v) is 9.09. The number of hydrogen-bond acceptors (Lipinski definition) is 3. The first-order valence-corrected chi connectivity index (χ1v) is 4.69. The monoisotopic (exact) mass is 223 g/mol. The predicted octanol–water partition coefficient (Wildman–Crippen LogP) is -0.793. The first kappa shape index (κ1) is 12.0. The molecule has 0 saturated carbocycles. The molecule has 0 radical (unpaired) electrons. The van der Waals surface area contributed by atoms with Crippen LogP contribution in [0.1, 0.15) is 21.6 Å². The fourth-order valence-electron chi connectivity index (χ4n) is 1.39. The van der Waals surface area contributed by atoms with Crippen molar-refractivity contribution in [3.05, 3.63) is 33.2 Å². The van der Waals surface area contributed by atoms with Crippen molar-refractivity contribution in [1.29, 1.82) is 0 Å². The van der Waals surface area contributed by atoms with Crippen molar-refractivity contribution in [2.24, 2.45) is 5.73 Å². The molecule has 0 aliphatic rings. The zero-order chi connectivity index (χ0) is 12.3. The zero-order valence-electron chi connectivity index (χ0n) is 9.09. The number of carbonyl (C=O) groups excluding carboxylic acids is 2. The Kier molecular flexibility index (Phi) is 3.44. The Labute approximate surface area is 91.9 Å². The molecule has 86 valence electrons. The molecule has 2 amide bonds. The SMILES string of the molecule is Cc1cc(C)c(C(=O)NCC(N)=O)c(=O)[nH]1. The molecule has 6 nitrogen and oxygen atoms in total. The summed E-state index contributed by atoms with van der Waals surface area (Å²) in [6.45, 7) is 3.09. The minimum atomic E-state index is -0.658. The highest BCUT2D eigenvalue weighted by Crippen LogP contribution is 2.02. The van der Waals surface area contributed by atoms with Gasteiger partial charge in [-0.15, -0.1) is 0 Å². The molecule has 0 fully saturated rings. The molecule has 4 N–H and O–H groups in total. The molecule has 0 aliphatic heterocycles. The van der Waals surface area contributed by atoms with Crippen molar-refractivity contribution in [2.45, 2.75) is 13.8 Å². The summed E-state index contributed by atoms with van der Waals surface area (Å²) in [6, 6.07) is 1.68. The molecule has 1 aromatic heterocycles. The Morgan fingerprint density at radius 1 is 1.44 bits per heavy atom. The van der Waals surface area contributed by atoms with E-state index in [0.29, 0.717) is 11.3 Å². The number of carbonyl (C=O) groups is 2. The highest BCUT2D eigenvalue weighted by Gasteiger charge is 2.14. The average Bonchev–Trinajstić information content (AvgIpc) is 2.12. The van der Waals surface area contributed by atoms with E-state index in [4.69, 9.17) is 5.73 Å². The largest absolute Gasteiger partial charge is 0.368 e. The van der Waals surface area contributed by atoms with Crippen LogP contribution in [0, 0.1) is 13.8 Å². The molecule has 0 spiro atoms. The number of nitrogens with two attached hydrogens (primary N) is 1. The van der Waals surface area contributed by atoms with Crippen LogP contribution in [0.15, 0.2) is 10.9 Å². The maximum absolute atomic E-state index is 11.6. The van der Waals surface area contributed by atoms with E-state index in [1.165, 1.54) is 0 Å². The third-order valence-electron chi connectivity index (χ3n) is 2.02. The van der Waals surface area contributed by atoms with E-state index < -0.39 is 17.4 Å². The Morgan fingerprint density at radius 2 is 2.06 bits per heavy atom. The number of aromatic nitrogens is 1. The van der Waals surface area contributed by atoms with E-state index in [0.717, 1.165) is 0 Å². The molecule has 6 heteroatoms. The second-order valence-corrected chi connectivity index (χ2v) is 3.49. The van der Waals surface area contributed by atoms with Gasteiger partial charge in [-0.3, -0.25) is 14.4 Å². The van der Waals surface area contributed by atoms with Crippen molar-refractivity contribution in [2.75, 3.05) is 6.54 Å². The molecule has 1 aromatic rings. The Balaban J connectivity index is 3.00. The van der Waals surface area contributed by atoms with Crippen LogP contribution in [-0.2, 0) is 4.79 Å². The molecular weight excluding hydrogens is 210 g/mol. The van der Waals surface area contributed by atoms with E-state index in [1.54, 1.807) is 19.9 Å². The fourth-order valence-corrected chi connectivity index (χ4v) is 1.39. The van der Waals surface area contributed by atoms with E-state index >= 15 is 0 Å². The van der Waals surface area contributed by atoms with Crippen molar-refractivity contribution in [3.63, 3.8) is 0 Å². The number of nitrogens with one attached hydrogen (secondary N) is 2. The van der Waals surface area contributed by atoms with Gasteiger partial charge in [0.05, 0.1) is 6.54 Å². The number of aryl methyl sites for hydroxylation is 2. The van der Waals surface area contributed by atoms with Crippen LogP contribution >= 0.6 is 0 Å². The lowest BCUT2D eigenvalue weighted by Crippen LogP contribution is -2.36. The normalized spacial score (nSPS) is 9.88. The summed E-state index contributed by atoms with van der Waals surface area (Å²) in [5.41, 5.74) is 5.65. The van der Waals surface area contributed by atoms with Crippen LogP contribution in [0.2, 0.25) is 0 Å². The molecule has 1 heterocycles. The summed E-state index contributed by atoms with van der Waals surface area (Å²) in [4.78, 5) is 36.1. The number of primary amides is 1. The summed E-state index contributed by atoms with van der Waals surface area (Å²) in [5.74, 6) is -1.26. The standard InChI is InChI=1S/C10H13N3O3/c1-5-3-6(2)13-10(16)8(5)9(15)12-4-7(11)14/h3H,4H2,1-2H3,(H2,11,14)(H,12,15)(H,13,16). The molecule has 0 unspecified atom stereocenters. The summed E-state index contributed by atoms with van der Waals surface area (Å²) in [7, 11) is 0. The quantitative estimate of drug-likeness (QED) is 0.625. The highest BCUT2D eigenvalue weighted by atomic mass is 16.2. The topological polar surface area (TPSA) is 105 Å². The van der Waals surface area contributed by atoms with E-state index in [1.807, 2.05) is 0 Å². The van der Waals surface area contributed by atoms with Gasteiger partial charge in [0.15, 0.2) is 0 Å². The number of H-pyrrole nitrogens is 1. The van der Waals surface area contributed by atoms with Gasteiger partial charge in [-0.25, -0.2) is 0 Å². The summed E-state index contributed by atoms with van der Waals surface area (Å²) in [6.07, 6.45) is 0. The van der Waals surface area contributed by atoms with Crippen molar-refractivity contribution >= 4 is 11.8 Å². The lowest BCUT2D eigenvalue weighted by atomic mass is 10.1. The van der Waals surface area contributed by atoms with Gasteiger partial charge in [-0.05, 0) is 25.5 Å². The van der Waals surface area contributed by atoms with Gasteiger partial charge in [0, 0.05) is 5.69 Å². The van der Waals surface area contributed by atoms with Crippen LogP contribution in [0.3, 0.4) is 0 Å². The number of pyridine rings is 1. The van der Waals surface area contributed by atoms with Crippen molar-refractivity contribution < 1.29 is 9.59 Å². The number of amides is 2. The Morgan fingerprint density at radius 3 is 2.56 bits per heavy atom. The lowest BCUT2D eigenvalue weighted by Gasteiger charge is -2.05. The minimum absolute atomic E-state index is 0.00634. The summed E-state index contributed by atoms with van der Waals surface area (Å²) < 4.78 is 0. The Hall–Kier alpha value is -2.11. The second kappa shape index (κ2) is 4.61. The maximum atomic E-state index is 11.6. The van der Waals surface area contributed by atoms with Gasteiger partial charge >= 0.3 is 0 Å². The van der Waals surface area contributed by atoms with Gasteiger partial charge in [0.2, 0.25) is 5.91 Å². The smallest absolute Gasteiger partial charge is 0.261 e. The summed E-state index contributed by atoms with van der Waals surface area (Å²) in [5, 5.41) is 2.27. The van der Waals surface area contributed by atoms with E-state index in [9.17, 15) is 14.4 Å². The second-order valence-electron chi connectivity index (χ2n) is 3.49. The molecular formula is C10H13N3O3. The molecule has 16 heavy (non-hydrogen) atoms. The molecule has 0 bridgehead atoms. The number of rotatable bonds is 3. The predicted molar refractivity (Wildman–Crippen MR) is 58.1 cm³/mol. The molecule has 0 atom stereocenters. The van der Waals surface area contributed by atoms with Crippen LogP contribution in [0.5, 0.6) is 0 Å². The number of aromatic amines is 1. The van der Waals surface area contributed by atoms with Crippen LogP contribution < -0.4 is 16.6 Å². The fraction of sp³-hybridized carbons (Fsp3) is 0.300. The van der Waals surface area contributed by atoms with E-state index in [-0.39, 0.29) is 12.1 Å². The van der Waals surface area contributed by atoms with Crippen molar-refractivity contribution in [1.82, 2.24) is 10.3 Å². The van der Waals surface area contributed by atoms with Crippen LogP contribution in [0.25, 0.3) is 0 Å². The first-order chi connectivity index (χ1) is 7.41. The molecule has 0 aliphatic carbocycles. The van der Waals surface area contributed by atoms with Crippen LogP contribution in [0.4, 0.5) is 0 Å². The lowest BCUT2D eigenvalue weighted by molar-refractivity contribution is -0.117. The third-order valence-corrected chi connectivity index (χ3v) is 2.02. The molecule has 0 aromatic carbocycles. The van der Waals surface area contributed by atoms with Crippen LogP contribution in [-0.4, -0.2) is 23.3 Å². The van der Waals surface area contributed by atoms with Gasteiger partial charge in [0.1, 0.15) is 5.56 Å².